The molecule has 0 atom stereocenters. The topological polar surface area (TPSA) is 49.4 Å². The molecule has 4 nitrogen and oxygen atoms in total. The maximum atomic E-state index is 12.8. The van der Waals surface area contributed by atoms with E-state index in [2.05, 4.69) is 5.32 Å². The van der Waals surface area contributed by atoms with Crippen LogP contribution in [0.2, 0.25) is 5.02 Å². The number of benzene rings is 1. The predicted molar refractivity (Wildman–Crippen MR) is 82.2 cm³/mol. The molecule has 0 unspecified atom stereocenters. The second kappa shape index (κ2) is 7.68. The Labute approximate surface area is 137 Å². The highest BCUT2D eigenvalue weighted by molar-refractivity contribution is 6.31. The van der Waals surface area contributed by atoms with E-state index in [-0.39, 0.29) is 24.1 Å². The zero-order valence-electron chi connectivity index (χ0n) is 13.0. The Morgan fingerprint density at radius 2 is 1.91 bits per heavy atom. The second-order valence-electron chi connectivity index (χ2n) is 5.59. The molecular weight excluding hydrogens is 333 g/mol. The first-order chi connectivity index (χ1) is 10.5. The Morgan fingerprint density at radius 1 is 1.30 bits per heavy atom. The lowest BCUT2D eigenvalue weighted by Gasteiger charge is -2.18. The molecule has 1 aromatic rings. The summed E-state index contributed by atoms with van der Waals surface area (Å²) in [6, 6.07) is 3.09. The largest absolute Gasteiger partial charge is 0.417 e. The standard InChI is InChI=1S/C15H18ClF3N2O2/c1-9(2)6-14(23)21(3)8-13(22)20-10-4-5-12(16)11(7-10)15(17,18)19/h4-5,7,9H,6,8H2,1-3H3,(H,20,22). The molecule has 0 aliphatic rings. The van der Waals surface area contributed by atoms with Crippen molar-refractivity contribution >= 4 is 29.1 Å². The molecule has 0 aliphatic carbocycles. The Bertz CT molecular complexity index is 589. The van der Waals surface area contributed by atoms with Gasteiger partial charge in [-0.25, -0.2) is 0 Å². The van der Waals surface area contributed by atoms with Crippen molar-refractivity contribution in [1.29, 1.82) is 0 Å². The van der Waals surface area contributed by atoms with Gasteiger partial charge in [-0.1, -0.05) is 25.4 Å². The Kier molecular flexibility index (Phi) is 6.44. The third-order valence-electron chi connectivity index (χ3n) is 2.94. The number of hydrogen-bond donors (Lipinski definition) is 1. The maximum absolute atomic E-state index is 12.8. The third kappa shape index (κ3) is 6.09. The zero-order chi connectivity index (χ0) is 17.8. The molecule has 0 saturated heterocycles. The van der Waals surface area contributed by atoms with Gasteiger partial charge in [-0.3, -0.25) is 9.59 Å². The van der Waals surface area contributed by atoms with Gasteiger partial charge >= 0.3 is 6.18 Å². The van der Waals surface area contributed by atoms with Crippen LogP contribution in [0.25, 0.3) is 0 Å². The average molecular weight is 351 g/mol. The van der Waals surface area contributed by atoms with Crippen LogP contribution in [0.5, 0.6) is 0 Å². The van der Waals surface area contributed by atoms with Crippen LogP contribution in [0.15, 0.2) is 18.2 Å². The molecule has 1 aromatic carbocycles. The van der Waals surface area contributed by atoms with Crippen LogP contribution in [0.3, 0.4) is 0 Å². The highest BCUT2D eigenvalue weighted by atomic mass is 35.5. The van der Waals surface area contributed by atoms with Gasteiger partial charge in [0, 0.05) is 19.2 Å². The first-order valence-corrected chi connectivity index (χ1v) is 7.29. The summed E-state index contributed by atoms with van der Waals surface area (Å²) in [4.78, 5) is 24.8. The fourth-order valence-electron chi connectivity index (χ4n) is 1.83. The minimum Gasteiger partial charge on any atom is -0.336 e. The molecule has 0 radical (unpaired) electrons. The van der Waals surface area contributed by atoms with Gasteiger partial charge in [0.15, 0.2) is 0 Å². The number of hydrogen-bond acceptors (Lipinski definition) is 2. The molecule has 1 rings (SSSR count). The van der Waals surface area contributed by atoms with E-state index < -0.39 is 22.7 Å². The van der Waals surface area contributed by atoms with Crippen LogP contribution in [0.4, 0.5) is 18.9 Å². The van der Waals surface area contributed by atoms with Crippen LogP contribution in [0, 0.1) is 5.92 Å². The SMILES string of the molecule is CC(C)CC(=O)N(C)CC(=O)Nc1ccc(Cl)c(C(F)(F)F)c1. The summed E-state index contributed by atoms with van der Waals surface area (Å²) in [5, 5.41) is 1.88. The van der Waals surface area contributed by atoms with Crippen molar-refractivity contribution < 1.29 is 22.8 Å². The number of nitrogens with one attached hydrogen (secondary N) is 1. The third-order valence-corrected chi connectivity index (χ3v) is 3.27. The van der Waals surface area contributed by atoms with Gasteiger partial charge in [-0.05, 0) is 24.1 Å². The zero-order valence-corrected chi connectivity index (χ0v) is 13.8. The second-order valence-corrected chi connectivity index (χ2v) is 6.00. The molecule has 0 heterocycles. The van der Waals surface area contributed by atoms with Crippen molar-refractivity contribution in [3.8, 4) is 0 Å². The molecule has 1 N–H and O–H groups in total. The predicted octanol–water partition coefficient (Wildman–Crippen LogP) is 3.80. The minimum absolute atomic E-state index is 0.0311. The van der Waals surface area contributed by atoms with E-state index in [1.165, 1.54) is 18.0 Å². The highest BCUT2D eigenvalue weighted by Crippen LogP contribution is 2.36. The quantitative estimate of drug-likeness (QED) is 0.878. The Balaban J connectivity index is 2.73. The first kappa shape index (κ1) is 19.3. The lowest BCUT2D eigenvalue weighted by Crippen LogP contribution is -2.35. The van der Waals surface area contributed by atoms with Crippen molar-refractivity contribution in [3.05, 3.63) is 28.8 Å². The van der Waals surface area contributed by atoms with Gasteiger partial charge in [0.1, 0.15) is 0 Å². The first-order valence-electron chi connectivity index (χ1n) is 6.91. The summed E-state index contributed by atoms with van der Waals surface area (Å²) in [6.07, 6.45) is -4.31. The van der Waals surface area contributed by atoms with Crippen LogP contribution < -0.4 is 5.32 Å². The molecular formula is C15H18ClF3N2O2. The fraction of sp³-hybridized carbons (Fsp3) is 0.467. The minimum atomic E-state index is -4.61. The number of amides is 2. The average Bonchev–Trinajstić information content (AvgIpc) is 2.38. The van der Waals surface area contributed by atoms with Gasteiger partial charge in [0.05, 0.1) is 17.1 Å². The maximum Gasteiger partial charge on any atom is 0.417 e. The van der Waals surface area contributed by atoms with Gasteiger partial charge in [0.2, 0.25) is 11.8 Å². The summed E-state index contributed by atoms with van der Waals surface area (Å²) < 4.78 is 38.3. The normalized spacial score (nSPS) is 11.5. The molecule has 0 saturated carbocycles. The lowest BCUT2D eigenvalue weighted by atomic mass is 10.1. The van der Waals surface area contributed by atoms with Crippen molar-refractivity contribution in [2.45, 2.75) is 26.4 Å². The van der Waals surface area contributed by atoms with Crippen molar-refractivity contribution in [1.82, 2.24) is 4.90 Å². The monoisotopic (exact) mass is 350 g/mol. The summed E-state index contributed by atoms with van der Waals surface area (Å²) in [6.45, 7) is 3.51. The van der Waals surface area contributed by atoms with Crippen LogP contribution >= 0.6 is 11.6 Å². The molecule has 0 bridgehead atoms. The van der Waals surface area contributed by atoms with Crippen molar-refractivity contribution in [2.24, 2.45) is 5.92 Å². The van der Waals surface area contributed by atoms with Crippen molar-refractivity contribution in [3.63, 3.8) is 0 Å². The van der Waals surface area contributed by atoms with Gasteiger partial charge in [0.25, 0.3) is 0 Å². The molecule has 23 heavy (non-hydrogen) atoms. The van der Waals surface area contributed by atoms with Crippen LogP contribution in [0.1, 0.15) is 25.8 Å². The van der Waals surface area contributed by atoms with Crippen LogP contribution in [-0.4, -0.2) is 30.3 Å². The van der Waals surface area contributed by atoms with Crippen molar-refractivity contribution in [2.75, 3.05) is 18.9 Å². The molecule has 128 valence electrons. The number of anilines is 1. The number of alkyl halides is 3. The van der Waals surface area contributed by atoms with Gasteiger partial charge in [-0.2, -0.15) is 13.2 Å². The summed E-state index contributed by atoms with van der Waals surface area (Å²) >= 11 is 5.51. The Morgan fingerprint density at radius 3 is 2.43 bits per heavy atom. The molecule has 0 aliphatic heterocycles. The number of carbonyl (C=O) groups is 2. The molecule has 0 fully saturated rings. The van der Waals surface area contributed by atoms with E-state index in [1.54, 1.807) is 0 Å². The Hall–Kier alpha value is -1.76. The number of nitrogens with zero attached hydrogens (tertiary/aromatic N) is 1. The number of halogens is 4. The molecule has 0 aromatic heterocycles. The summed E-state index contributed by atoms with van der Waals surface area (Å²) in [7, 11) is 1.47. The van der Waals surface area contributed by atoms with Gasteiger partial charge in [-0.15, -0.1) is 0 Å². The van der Waals surface area contributed by atoms with E-state index >= 15 is 0 Å². The fourth-order valence-corrected chi connectivity index (χ4v) is 2.05. The van der Waals surface area contributed by atoms with E-state index in [0.717, 1.165) is 12.1 Å². The molecule has 2 amide bonds. The summed E-state index contributed by atoms with van der Waals surface area (Å²) in [5.74, 6) is -0.638. The van der Waals surface area contributed by atoms with E-state index in [0.29, 0.717) is 6.42 Å². The number of carbonyl (C=O) groups excluding carboxylic acids is 2. The highest BCUT2D eigenvalue weighted by Gasteiger charge is 2.33. The van der Waals surface area contributed by atoms with Crippen LogP contribution in [-0.2, 0) is 15.8 Å². The lowest BCUT2D eigenvalue weighted by molar-refractivity contribution is -0.137. The van der Waals surface area contributed by atoms with E-state index in [9.17, 15) is 22.8 Å². The van der Waals surface area contributed by atoms with E-state index in [4.69, 9.17) is 11.6 Å². The number of likely N-dealkylation sites (N-methyl/N-ethyl adjacent to an activating group) is 1. The smallest absolute Gasteiger partial charge is 0.336 e. The summed E-state index contributed by atoms with van der Waals surface area (Å²) in [5.41, 5.74) is -1.06. The van der Waals surface area contributed by atoms with Gasteiger partial charge < -0.3 is 10.2 Å². The van der Waals surface area contributed by atoms with E-state index in [1.807, 2.05) is 13.8 Å². The number of rotatable bonds is 5. The molecule has 0 spiro atoms. The molecule has 8 heteroatoms.